The van der Waals surface area contributed by atoms with E-state index in [0.717, 1.165) is 44.4 Å². The van der Waals surface area contributed by atoms with Gasteiger partial charge in [0.15, 0.2) is 17.7 Å². The predicted molar refractivity (Wildman–Crippen MR) is 167 cm³/mol. The fraction of sp³-hybridized carbons (Fsp3) is 0.286. The molecule has 0 saturated heterocycles. The minimum absolute atomic E-state index is 0.219. The van der Waals surface area contributed by atoms with Crippen LogP contribution in [0, 0.1) is 13.5 Å². The van der Waals surface area contributed by atoms with Crippen LogP contribution in [0.1, 0.15) is 58.8 Å². The molecule has 4 heterocycles. The van der Waals surface area contributed by atoms with Crippen molar-refractivity contribution in [1.82, 2.24) is 19.4 Å². The van der Waals surface area contributed by atoms with Gasteiger partial charge in [0, 0.05) is 27.8 Å². The monoisotopic (exact) mass is 537 g/mol. The Bertz CT molecular complexity index is 2220. The topological polar surface area (TPSA) is 51.3 Å². The molecule has 0 amide bonds. The quantitative estimate of drug-likeness (QED) is 0.0920. The minimum Gasteiger partial charge on any atom is -0.308 e. The Labute approximate surface area is 239 Å². The molecule has 0 aliphatic heterocycles. The highest BCUT2D eigenvalue weighted by Crippen LogP contribution is 2.42. The number of benzene rings is 3. The number of aryl methyl sites for hydroxylation is 2. The first kappa shape index (κ1) is 25.3. The maximum absolute atomic E-state index is 7.63. The summed E-state index contributed by atoms with van der Waals surface area (Å²) in [4.78, 5) is 18.7. The second-order valence-electron chi connectivity index (χ2n) is 13.3. The van der Waals surface area contributed by atoms with Crippen LogP contribution >= 0.6 is 0 Å². The summed E-state index contributed by atoms with van der Waals surface area (Å²) in [7, 11) is 2.12. The van der Waals surface area contributed by atoms with Crippen LogP contribution in [0.25, 0.3) is 65.2 Å². The lowest BCUT2D eigenvalue weighted by Crippen LogP contribution is -2.29. The molecule has 0 radical (unpaired) electrons. The van der Waals surface area contributed by atoms with Crippen molar-refractivity contribution in [3.63, 3.8) is 0 Å². The van der Waals surface area contributed by atoms with Crippen LogP contribution in [0.4, 0.5) is 5.69 Å². The fourth-order valence-electron chi connectivity index (χ4n) is 6.08. The standard InChI is InChI=1S/C35H33N6/c1-19-10-12-23-24-18-22(36-8)11-13-25(24)41-26-17-21(16-20-14-15-40(9)30(28(20)26)27(19)29(23)41)31-37-32(34(2,3)4)39-33(38-31)35(5,6)7/h10-18H,1-7,9H3/q+1. The SMILES string of the molecule is [C-]#[N+]c1ccc2c(c1)c1ccc(C)c3c1n2c1cc(-c2nc(C(C)(C)C)nc(C(C)(C)C)n2)cc2cc[n+](C)c3c21. The van der Waals surface area contributed by atoms with Crippen LogP contribution in [0.2, 0.25) is 0 Å². The number of pyridine rings is 2. The molecule has 0 N–H and O–H groups in total. The highest BCUT2D eigenvalue weighted by Gasteiger charge is 2.28. The van der Waals surface area contributed by atoms with Gasteiger partial charge in [0.25, 0.3) is 0 Å². The Morgan fingerprint density at radius 2 is 1.49 bits per heavy atom. The molecule has 0 aliphatic carbocycles. The Kier molecular flexibility index (Phi) is 5.07. The summed E-state index contributed by atoms with van der Waals surface area (Å²) < 4.78 is 4.62. The molecule has 6 nitrogen and oxygen atoms in total. The van der Waals surface area contributed by atoms with Crippen molar-refractivity contribution < 1.29 is 4.57 Å². The van der Waals surface area contributed by atoms with E-state index in [9.17, 15) is 0 Å². The van der Waals surface area contributed by atoms with Crippen molar-refractivity contribution in [3.05, 3.63) is 83.4 Å². The van der Waals surface area contributed by atoms with Crippen molar-refractivity contribution in [3.8, 4) is 11.4 Å². The number of aromatic nitrogens is 5. The number of fused-ring (bicyclic) bond motifs is 5. The molecule has 0 spiro atoms. The lowest BCUT2D eigenvalue weighted by atomic mass is 9.92. The van der Waals surface area contributed by atoms with E-state index in [-0.39, 0.29) is 10.8 Å². The van der Waals surface area contributed by atoms with Crippen LogP contribution in [-0.2, 0) is 17.9 Å². The first-order chi connectivity index (χ1) is 19.4. The van der Waals surface area contributed by atoms with Crippen molar-refractivity contribution >= 4 is 54.7 Å². The van der Waals surface area contributed by atoms with Crippen LogP contribution in [0.15, 0.2) is 54.7 Å². The molecule has 0 saturated carbocycles. The maximum atomic E-state index is 7.63. The molecule has 3 aromatic carbocycles. The molecular weight excluding hydrogens is 504 g/mol. The third-order valence-corrected chi connectivity index (χ3v) is 8.18. The zero-order valence-electron chi connectivity index (χ0n) is 24.9. The van der Waals surface area contributed by atoms with Gasteiger partial charge in [0.05, 0.1) is 33.9 Å². The fourth-order valence-corrected chi connectivity index (χ4v) is 6.08. The summed E-state index contributed by atoms with van der Waals surface area (Å²) >= 11 is 0. The second-order valence-corrected chi connectivity index (χ2v) is 13.3. The molecule has 0 atom stereocenters. The van der Waals surface area contributed by atoms with Gasteiger partial charge in [-0.25, -0.2) is 24.4 Å². The highest BCUT2D eigenvalue weighted by atomic mass is 15.1. The van der Waals surface area contributed by atoms with Gasteiger partial charge in [-0.05, 0) is 47.5 Å². The predicted octanol–water partition coefficient (Wildman–Crippen LogP) is 8.12. The molecule has 4 aromatic heterocycles. The molecular formula is C35H33N6+. The lowest BCUT2D eigenvalue weighted by molar-refractivity contribution is -0.643. The third kappa shape index (κ3) is 3.62. The molecule has 6 heteroatoms. The van der Waals surface area contributed by atoms with Gasteiger partial charge in [0.1, 0.15) is 18.7 Å². The number of nitrogens with zero attached hydrogens (tertiary/aromatic N) is 6. The average molecular weight is 538 g/mol. The van der Waals surface area contributed by atoms with Crippen LogP contribution in [0.3, 0.4) is 0 Å². The molecule has 0 unspecified atom stereocenters. The average Bonchev–Trinajstić information content (AvgIpc) is 3.26. The van der Waals surface area contributed by atoms with Crippen molar-refractivity contribution in [2.45, 2.75) is 59.3 Å². The molecule has 0 aliphatic rings. The van der Waals surface area contributed by atoms with Crippen molar-refractivity contribution in [2.24, 2.45) is 7.05 Å². The first-order valence-corrected chi connectivity index (χ1v) is 14.1. The Hall–Kier alpha value is -4.63. The first-order valence-electron chi connectivity index (χ1n) is 14.1. The summed E-state index contributed by atoms with van der Waals surface area (Å²) in [6, 6.07) is 17.1. The van der Waals surface area contributed by atoms with E-state index in [1.54, 1.807) is 0 Å². The molecule has 0 fully saturated rings. The van der Waals surface area contributed by atoms with Gasteiger partial charge in [0.2, 0.25) is 5.52 Å². The second kappa shape index (κ2) is 8.20. The number of rotatable bonds is 1. The van der Waals surface area contributed by atoms with Gasteiger partial charge in [-0.15, -0.1) is 0 Å². The summed E-state index contributed by atoms with van der Waals surface area (Å²) in [5.74, 6) is 2.28. The van der Waals surface area contributed by atoms with E-state index in [2.05, 4.69) is 112 Å². The number of hydrogen-bond donors (Lipinski definition) is 0. The molecule has 7 aromatic rings. The van der Waals surface area contributed by atoms with Crippen LogP contribution in [-0.4, -0.2) is 19.4 Å². The van der Waals surface area contributed by atoms with Crippen LogP contribution in [0.5, 0.6) is 0 Å². The lowest BCUT2D eigenvalue weighted by Gasteiger charge is -2.23. The largest absolute Gasteiger partial charge is 0.308 e. The van der Waals surface area contributed by atoms with Crippen LogP contribution < -0.4 is 4.57 Å². The van der Waals surface area contributed by atoms with E-state index in [0.29, 0.717) is 11.5 Å². The minimum atomic E-state index is -0.219. The zero-order valence-corrected chi connectivity index (χ0v) is 24.9. The molecule has 202 valence electrons. The summed E-state index contributed by atoms with van der Waals surface area (Å²) in [6.07, 6.45) is 2.15. The van der Waals surface area contributed by atoms with Gasteiger partial charge in [-0.1, -0.05) is 59.7 Å². The van der Waals surface area contributed by atoms with Gasteiger partial charge >= 0.3 is 0 Å². The van der Waals surface area contributed by atoms with Gasteiger partial charge in [-0.2, -0.15) is 0 Å². The van der Waals surface area contributed by atoms with E-state index in [1.165, 1.54) is 27.4 Å². The van der Waals surface area contributed by atoms with Crippen molar-refractivity contribution in [2.75, 3.05) is 0 Å². The molecule has 7 rings (SSSR count). The normalized spacial score (nSPS) is 12.9. The van der Waals surface area contributed by atoms with Gasteiger partial charge in [-0.3, -0.25) is 0 Å². The summed E-state index contributed by atoms with van der Waals surface area (Å²) in [5, 5.41) is 5.83. The smallest absolute Gasteiger partial charge is 0.224 e. The highest BCUT2D eigenvalue weighted by molar-refractivity contribution is 6.26. The summed E-state index contributed by atoms with van der Waals surface area (Å²) in [6.45, 7) is 22.7. The van der Waals surface area contributed by atoms with E-state index >= 15 is 0 Å². The molecule has 0 bridgehead atoms. The van der Waals surface area contributed by atoms with E-state index < -0.39 is 0 Å². The Morgan fingerprint density at radius 1 is 0.780 bits per heavy atom. The van der Waals surface area contributed by atoms with E-state index in [1.807, 2.05) is 12.1 Å². The summed E-state index contributed by atoms with van der Waals surface area (Å²) in [5.41, 5.74) is 6.98. The van der Waals surface area contributed by atoms with Gasteiger partial charge < -0.3 is 4.40 Å². The Balaban J connectivity index is 1.70. The van der Waals surface area contributed by atoms with Crippen molar-refractivity contribution in [1.29, 1.82) is 0 Å². The van der Waals surface area contributed by atoms with E-state index in [4.69, 9.17) is 21.5 Å². The zero-order chi connectivity index (χ0) is 29.0. The molecule has 41 heavy (non-hydrogen) atoms. The maximum Gasteiger partial charge on any atom is 0.224 e. The Morgan fingerprint density at radius 3 is 2.15 bits per heavy atom. The number of hydrogen-bond acceptors (Lipinski definition) is 3. The third-order valence-electron chi connectivity index (χ3n) is 8.18.